The summed E-state index contributed by atoms with van der Waals surface area (Å²) < 4.78 is 12.1. The molecular weight excluding hydrogens is 464 g/mol. The number of nitrogens with one attached hydrogen (secondary N) is 1. The van der Waals surface area contributed by atoms with E-state index in [4.69, 9.17) is 14.7 Å². The Morgan fingerprint density at radius 2 is 1.32 bits per heavy atom. The number of anilines is 1. The maximum atomic E-state index is 12.9. The minimum atomic E-state index is -0.423. The molecule has 0 spiro atoms. The lowest BCUT2D eigenvalue weighted by atomic mass is 10.1. The summed E-state index contributed by atoms with van der Waals surface area (Å²) in [5, 5.41) is 11.7. The molecule has 0 heterocycles. The topological polar surface area (TPSA) is 88.4 Å². The van der Waals surface area contributed by atoms with E-state index in [1.807, 2.05) is 6.07 Å². The van der Waals surface area contributed by atoms with Crippen LogP contribution in [0.4, 0.5) is 5.69 Å². The molecule has 0 radical (unpaired) electrons. The van der Waals surface area contributed by atoms with Gasteiger partial charge in [-0.1, -0.05) is 78.1 Å². The number of ether oxygens (including phenoxy) is 2. The van der Waals surface area contributed by atoms with E-state index in [1.165, 1.54) is 75.6 Å². The average Bonchev–Trinajstić information content (AvgIpc) is 3.08. The Morgan fingerprint density at radius 3 is 1.95 bits per heavy atom. The molecule has 0 aliphatic carbocycles. The van der Waals surface area contributed by atoms with E-state index >= 15 is 0 Å². The summed E-state index contributed by atoms with van der Waals surface area (Å²) in [7, 11) is 0. The fourth-order valence-electron chi connectivity index (χ4n) is 3.95. The van der Waals surface area contributed by atoms with Crippen LogP contribution in [0.3, 0.4) is 0 Å². The quantitative estimate of drug-likeness (QED) is 0.210. The first-order valence-electron chi connectivity index (χ1n) is 13.8. The third-order valence-corrected chi connectivity index (χ3v) is 6.20. The normalized spacial score (nSPS) is 10.5. The van der Waals surface area contributed by atoms with E-state index in [1.54, 1.807) is 18.2 Å². The lowest BCUT2D eigenvalue weighted by molar-refractivity contribution is 0.102. The molecule has 0 aromatic heterocycles. The first-order valence-corrected chi connectivity index (χ1v) is 13.8. The highest BCUT2D eigenvalue weighted by Gasteiger charge is 2.13. The van der Waals surface area contributed by atoms with Crippen LogP contribution in [0.1, 0.15) is 107 Å². The molecule has 6 nitrogen and oxygen atoms in total. The third kappa shape index (κ3) is 11.5. The molecule has 2 aromatic carbocycles. The maximum absolute atomic E-state index is 12.9. The van der Waals surface area contributed by atoms with Crippen LogP contribution in [-0.4, -0.2) is 19.1 Å². The summed E-state index contributed by atoms with van der Waals surface area (Å²) in [4.78, 5) is 25.2. The highest BCUT2D eigenvalue weighted by molar-refractivity contribution is 6.04. The first-order chi connectivity index (χ1) is 18.1. The second-order valence-electron chi connectivity index (χ2n) is 9.36. The minimum absolute atomic E-state index is 0.115. The van der Waals surface area contributed by atoms with Gasteiger partial charge in [-0.3, -0.25) is 9.59 Å². The number of hydrogen-bond donors (Lipinski definition) is 1. The third-order valence-electron chi connectivity index (χ3n) is 6.20. The number of carbonyl (C=O) groups is 1. The molecule has 6 heteroatoms. The van der Waals surface area contributed by atoms with Crippen molar-refractivity contribution < 1.29 is 14.3 Å². The largest absolute Gasteiger partial charge is 0.490 e. The van der Waals surface area contributed by atoms with Gasteiger partial charge in [-0.25, -0.2) is 0 Å². The number of nitriles is 1. The highest BCUT2D eigenvalue weighted by atomic mass is 16.5. The van der Waals surface area contributed by atoms with Crippen LogP contribution in [0.2, 0.25) is 0 Å². The molecule has 2 rings (SSSR count). The molecule has 0 unspecified atom stereocenters. The molecular formula is C31H42N2O4. The fourth-order valence-corrected chi connectivity index (χ4v) is 3.95. The first kappa shape index (κ1) is 29.9. The van der Waals surface area contributed by atoms with Crippen LogP contribution in [0.5, 0.6) is 11.5 Å². The van der Waals surface area contributed by atoms with Crippen LogP contribution >= 0.6 is 0 Å². The van der Waals surface area contributed by atoms with Gasteiger partial charge in [0.2, 0.25) is 5.43 Å². The monoisotopic (exact) mass is 506 g/mol. The molecule has 0 atom stereocenters. The Morgan fingerprint density at radius 1 is 0.757 bits per heavy atom. The summed E-state index contributed by atoms with van der Waals surface area (Å²) in [5.74, 6) is 0.749. The molecule has 0 aliphatic heterocycles. The summed E-state index contributed by atoms with van der Waals surface area (Å²) in [5.41, 5.74) is 0.462. The van der Waals surface area contributed by atoms with Crippen molar-refractivity contribution in [3.63, 3.8) is 0 Å². The van der Waals surface area contributed by atoms with E-state index in [2.05, 4.69) is 19.2 Å². The van der Waals surface area contributed by atoms with Gasteiger partial charge in [0, 0.05) is 5.56 Å². The molecule has 1 amide bonds. The summed E-state index contributed by atoms with van der Waals surface area (Å²) in [6, 6.07) is 12.8. The van der Waals surface area contributed by atoms with Crippen molar-refractivity contribution in [3.05, 3.63) is 63.8 Å². The minimum Gasteiger partial charge on any atom is -0.490 e. The van der Waals surface area contributed by atoms with Crippen molar-refractivity contribution >= 4 is 11.6 Å². The second kappa shape index (κ2) is 18.0. The van der Waals surface area contributed by atoms with Crippen LogP contribution in [-0.2, 0) is 0 Å². The van der Waals surface area contributed by atoms with E-state index in [0.717, 1.165) is 25.7 Å². The van der Waals surface area contributed by atoms with Gasteiger partial charge in [0.05, 0.1) is 30.5 Å². The number of nitrogens with zero attached hydrogens (tertiary/aromatic N) is 1. The van der Waals surface area contributed by atoms with Crippen molar-refractivity contribution in [1.29, 1.82) is 5.26 Å². The van der Waals surface area contributed by atoms with E-state index in [-0.39, 0.29) is 11.1 Å². The number of amides is 1. The molecule has 2 aromatic rings. The Balaban J connectivity index is 2.05. The SMILES string of the molecule is CCCCCCCCOc1ccc(C(=O)Nc2ccc(C#N)ccc2=O)cc1OCCCCCCCC. The molecule has 0 fully saturated rings. The van der Waals surface area contributed by atoms with Crippen molar-refractivity contribution in [1.82, 2.24) is 0 Å². The predicted molar refractivity (Wildman–Crippen MR) is 150 cm³/mol. The van der Waals surface area contributed by atoms with Crippen molar-refractivity contribution in [3.8, 4) is 17.6 Å². The molecule has 0 saturated carbocycles. The van der Waals surface area contributed by atoms with E-state index in [0.29, 0.717) is 35.8 Å². The molecule has 0 saturated heterocycles. The van der Waals surface area contributed by atoms with Gasteiger partial charge in [-0.2, -0.15) is 5.26 Å². The van der Waals surface area contributed by atoms with Crippen molar-refractivity contribution in [2.75, 3.05) is 18.5 Å². The van der Waals surface area contributed by atoms with Gasteiger partial charge < -0.3 is 14.8 Å². The van der Waals surface area contributed by atoms with Gasteiger partial charge in [0.25, 0.3) is 5.91 Å². The van der Waals surface area contributed by atoms with Gasteiger partial charge in [-0.15, -0.1) is 0 Å². The van der Waals surface area contributed by atoms with Crippen LogP contribution in [0, 0.1) is 11.3 Å². The Labute approximate surface area is 222 Å². The van der Waals surface area contributed by atoms with Gasteiger partial charge in [0.15, 0.2) is 11.5 Å². The highest BCUT2D eigenvalue weighted by Crippen LogP contribution is 2.29. The molecule has 0 bridgehead atoms. The second-order valence-corrected chi connectivity index (χ2v) is 9.36. The van der Waals surface area contributed by atoms with E-state index < -0.39 is 5.91 Å². The van der Waals surface area contributed by atoms with Crippen LogP contribution in [0.15, 0.2) is 47.3 Å². The zero-order valence-electron chi connectivity index (χ0n) is 22.5. The molecule has 200 valence electrons. The summed E-state index contributed by atoms with van der Waals surface area (Å²) in [6.07, 6.45) is 14.1. The maximum Gasteiger partial charge on any atom is 0.255 e. The van der Waals surface area contributed by atoms with Gasteiger partial charge in [-0.05, 0) is 55.3 Å². The Kier molecular flexibility index (Phi) is 14.5. The zero-order chi connectivity index (χ0) is 26.7. The standard InChI is InChI=1S/C31H42N2O4/c1-3-5-7-9-11-13-21-36-29-20-17-26(23-30(29)37-22-14-12-10-8-6-4-2)31(35)33-27-18-15-25(24-32)16-19-28(27)34/h15-20,23H,3-14,21-22H2,1-2H3,(H,33,34,35). The average molecular weight is 507 g/mol. The zero-order valence-corrected chi connectivity index (χ0v) is 22.5. The molecule has 37 heavy (non-hydrogen) atoms. The fraction of sp³-hybridized carbons (Fsp3) is 0.516. The number of hydrogen-bond acceptors (Lipinski definition) is 5. The Hall–Kier alpha value is -3.33. The molecule has 0 aliphatic rings. The van der Waals surface area contributed by atoms with Crippen molar-refractivity contribution in [2.45, 2.75) is 90.9 Å². The van der Waals surface area contributed by atoms with Gasteiger partial charge >= 0.3 is 0 Å². The summed E-state index contributed by atoms with van der Waals surface area (Å²) >= 11 is 0. The van der Waals surface area contributed by atoms with Gasteiger partial charge in [0.1, 0.15) is 0 Å². The number of unbranched alkanes of at least 4 members (excludes halogenated alkanes) is 10. The lowest BCUT2D eigenvalue weighted by Crippen LogP contribution is -2.17. The van der Waals surface area contributed by atoms with Crippen LogP contribution in [0.25, 0.3) is 0 Å². The molecule has 1 N–H and O–H groups in total. The summed E-state index contributed by atoms with van der Waals surface area (Å²) in [6.45, 7) is 5.58. The number of benzene rings is 1. The van der Waals surface area contributed by atoms with E-state index in [9.17, 15) is 9.59 Å². The predicted octanol–water partition coefficient (Wildman–Crippen LogP) is 7.65. The van der Waals surface area contributed by atoms with Crippen molar-refractivity contribution in [2.24, 2.45) is 0 Å². The number of rotatable bonds is 18. The lowest BCUT2D eigenvalue weighted by Gasteiger charge is -2.14. The Bertz CT molecular complexity index is 1060. The number of carbonyl (C=O) groups excluding carboxylic acids is 1. The smallest absolute Gasteiger partial charge is 0.255 e. The van der Waals surface area contributed by atoms with Crippen LogP contribution < -0.4 is 20.2 Å².